The number of furan rings is 1. The van der Waals surface area contributed by atoms with Crippen LogP contribution in [0.5, 0.6) is 0 Å². The van der Waals surface area contributed by atoms with Crippen LogP contribution in [0.25, 0.3) is 83.8 Å². The fourth-order valence-electron chi connectivity index (χ4n) is 9.39. The Bertz CT molecular complexity index is 3650. The van der Waals surface area contributed by atoms with Gasteiger partial charge < -0.3 is 14.0 Å². The summed E-state index contributed by atoms with van der Waals surface area (Å²) in [6, 6.07) is 52.8. The first-order chi connectivity index (χ1) is 34.9. The third-order valence-electron chi connectivity index (χ3n) is 13.1. The number of fused-ring (bicyclic) bond motifs is 4. The van der Waals surface area contributed by atoms with E-state index in [-0.39, 0.29) is 43.2 Å². The molecule has 1 radical (unpaired) electrons. The van der Waals surface area contributed by atoms with Crippen LogP contribution in [0.1, 0.15) is 106 Å². The Morgan fingerprint density at radius 1 is 0.685 bits per heavy atom. The molecular formula is C65H67FIrN4OSi-2. The predicted molar refractivity (Wildman–Crippen MR) is 303 cm³/mol. The smallest absolute Gasteiger partial charge is 0.216 e. The van der Waals surface area contributed by atoms with E-state index in [0.29, 0.717) is 11.3 Å². The van der Waals surface area contributed by atoms with Crippen LogP contribution in [0.15, 0.2) is 150 Å². The number of aromatic nitrogens is 4. The van der Waals surface area contributed by atoms with Crippen molar-refractivity contribution >= 4 is 46.4 Å². The minimum Gasteiger partial charge on any atom is -0.486 e. The number of halogens is 1. The van der Waals surface area contributed by atoms with E-state index in [0.717, 1.165) is 72.1 Å². The zero-order chi connectivity index (χ0) is 53.1. The van der Waals surface area contributed by atoms with Gasteiger partial charge in [-0.25, -0.2) is 9.37 Å². The fraction of sp³-hybridized carbons (Fsp3) is 0.277. The molecule has 0 N–H and O–H groups in total. The molecule has 10 aromatic rings. The molecule has 4 heterocycles. The van der Waals surface area contributed by atoms with Gasteiger partial charge in [-0.05, 0) is 123 Å². The van der Waals surface area contributed by atoms with Crippen LogP contribution < -0.4 is 5.19 Å². The molecule has 0 fully saturated rings. The minimum absolute atomic E-state index is 0. The van der Waals surface area contributed by atoms with E-state index in [1.807, 2.05) is 69.4 Å². The molecule has 4 aromatic heterocycles. The largest absolute Gasteiger partial charge is 0.486 e. The Hall–Kier alpha value is -6.31. The van der Waals surface area contributed by atoms with Gasteiger partial charge in [0.2, 0.25) is 5.71 Å². The third-order valence-corrected chi connectivity index (χ3v) is 15.1. The van der Waals surface area contributed by atoms with Crippen molar-refractivity contribution in [3.05, 3.63) is 186 Å². The number of para-hydroxylation sites is 2. The second-order valence-electron chi connectivity index (χ2n) is 22.7. The van der Waals surface area contributed by atoms with Crippen molar-refractivity contribution in [3.63, 3.8) is 0 Å². The summed E-state index contributed by atoms with van der Waals surface area (Å²) in [5.74, 6) is 0.990. The summed E-state index contributed by atoms with van der Waals surface area (Å²) < 4.78 is 40.3. The molecule has 6 aromatic carbocycles. The maximum absolute atomic E-state index is 13.6. The topological polar surface area (TPSA) is 56.7 Å². The molecule has 0 unspecified atom stereocenters. The number of pyridine rings is 2. The molecule has 0 saturated carbocycles. The van der Waals surface area contributed by atoms with E-state index >= 15 is 0 Å². The van der Waals surface area contributed by atoms with Gasteiger partial charge in [0.05, 0.1) is 36.2 Å². The Kier molecular flexibility index (Phi) is 14.4. The average Bonchev–Trinajstić information content (AvgIpc) is 3.94. The van der Waals surface area contributed by atoms with Crippen LogP contribution in [-0.4, -0.2) is 27.6 Å². The molecule has 0 bridgehead atoms. The molecule has 5 nitrogen and oxygen atoms in total. The van der Waals surface area contributed by atoms with Gasteiger partial charge in [-0.2, -0.15) is 0 Å². The number of hydrogen-bond acceptors (Lipinski definition) is 4. The van der Waals surface area contributed by atoms with Gasteiger partial charge in [0.15, 0.2) is 0 Å². The van der Waals surface area contributed by atoms with Crippen molar-refractivity contribution < 1.29 is 31.7 Å². The maximum Gasteiger partial charge on any atom is 0.216 e. The Labute approximate surface area is 449 Å². The molecular weight excluding hydrogens is 1090 g/mol. The van der Waals surface area contributed by atoms with Crippen molar-refractivity contribution in [3.8, 4) is 50.7 Å². The Balaban J connectivity index is 0.000000229. The van der Waals surface area contributed by atoms with Crippen molar-refractivity contribution in [1.82, 2.24) is 19.5 Å². The van der Waals surface area contributed by atoms with Gasteiger partial charge >= 0.3 is 0 Å². The van der Waals surface area contributed by atoms with Gasteiger partial charge in [-0.15, -0.1) is 53.6 Å². The normalized spacial score (nSPS) is 12.8. The van der Waals surface area contributed by atoms with Crippen LogP contribution in [0, 0.1) is 23.4 Å². The second-order valence-corrected chi connectivity index (χ2v) is 27.7. The number of hydrogen-bond donors (Lipinski definition) is 0. The minimum atomic E-state index is -1.74. The SMILES string of the molecule is CC(C)c1cc(-c2ccccc2)cc(C(C)C)c1-n1c(-c2[c-]ccc3c2oc2nc(-c4ccc(F)cc4)ccc23)nc2ccccc21.[2H]C([2H])(c1cc(-c2[c-]ccc(C(C)(C)C)c2)ncc1[Si](C)(C)C)C(C)(C)C.[Ir]. The van der Waals surface area contributed by atoms with Crippen LogP contribution >= 0.6 is 0 Å². The third kappa shape index (κ3) is 11.3. The number of nitrogens with zero attached hydrogens (tertiary/aromatic N) is 4. The fourth-order valence-corrected chi connectivity index (χ4v) is 10.8. The molecule has 0 atom stereocenters. The Morgan fingerprint density at radius 3 is 1.99 bits per heavy atom. The van der Waals surface area contributed by atoms with Gasteiger partial charge in [-0.3, -0.25) is 4.98 Å². The van der Waals surface area contributed by atoms with E-state index in [9.17, 15) is 4.39 Å². The quantitative estimate of drug-likeness (QED) is 0.107. The van der Waals surface area contributed by atoms with Crippen molar-refractivity contribution in [2.75, 3.05) is 0 Å². The molecule has 0 saturated heterocycles. The summed E-state index contributed by atoms with van der Waals surface area (Å²) >= 11 is 0. The van der Waals surface area contributed by atoms with Crippen molar-refractivity contribution in [2.45, 2.75) is 113 Å². The van der Waals surface area contributed by atoms with E-state index in [2.05, 4.69) is 158 Å². The molecule has 73 heavy (non-hydrogen) atoms. The Morgan fingerprint density at radius 2 is 1.34 bits per heavy atom. The van der Waals surface area contributed by atoms with E-state index in [1.54, 1.807) is 12.1 Å². The first kappa shape index (κ1) is 50.2. The summed E-state index contributed by atoms with van der Waals surface area (Å²) in [6.07, 6.45) is 0.472. The molecule has 0 aliphatic rings. The number of imidazole rings is 1. The first-order valence-electron chi connectivity index (χ1n) is 26.2. The number of rotatable bonds is 9. The van der Waals surface area contributed by atoms with E-state index in [4.69, 9.17) is 22.1 Å². The van der Waals surface area contributed by atoms with Crippen molar-refractivity contribution in [2.24, 2.45) is 5.41 Å². The zero-order valence-electron chi connectivity index (χ0n) is 46.4. The standard InChI is InChI=1S/C42H33FN3O.C23H34NSi.Ir/c1-25(2)34-23-29(27-11-6-5-7-12-27)24-35(26(3)4)39(34)46-38-16-9-8-15-37(38)44-41(46)33-14-10-13-31-32-21-22-36(45-42(32)47-40(31)33)28-17-19-30(43)20-18-28;1-22(2,3)15-18-14-20(24-16-21(18)25(7,8)9)17-11-10-12-19(13-17)23(4,5)6;/h5-13,15-26H,1-4H3;10,12-14,16H,15H2,1-9H3;/q2*-1;/i;15D2;. The molecule has 0 amide bonds. The van der Waals surface area contributed by atoms with Gasteiger partial charge in [0.25, 0.3) is 0 Å². The first-order valence-corrected chi connectivity index (χ1v) is 28.7. The summed E-state index contributed by atoms with van der Waals surface area (Å²) in [5.41, 5.74) is 14.8. The molecule has 375 valence electrons. The molecule has 8 heteroatoms. The molecule has 0 aliphatic carbocycles. The monoisotopic (exact) mass is 1160 g/mol. The molecule has 0 aliphatic heterocycles. The summed E-state index contributed by atoms with van der Waals surface area (Å²) in [7, 11) is -1.74. The zero-order valence-corrected chi connectivity index (χ0v) is 47.8. The van der Waals surface area contributed by atoms with Gasteiger partial charge in [0.1, 0.15) is 5.82 Å². The maximum atomic E-state index is 13.6. The summed E-state index contributed by atoms with van der Waals surface area (Å²) in [6.45, 7) is 28.2. The van der Waals surface area contributed by atoms with E-state index in [1.165, 1.54) is 39.9 Å². The molecule has 10 rings (SSSR count). The van der Waals surface area contributed by atoms with Crippen LogP contribution in [0.3, 0.4) is 0 Å². The second kappa shape index (κ2) is 20.9. The van der Waals surface area contributed by atoms with E-state index < -0.39 is 19.9 Å². The van der Waals surface area contributed by atoms with Crippen LogP contribution in [0.4, 0.5) is 4.39 Å². The molecule has 0 spiro atoms. The van der Waals surface area contributed by atoms with Crippen LogP contribution in [-0.2, 0) is 31.9 Å². The van der Waals surface area contributed by atoms with Gasteiger partial charge in [-0.1, -0.05) is 154 Å². The summed E-state index contributed by atoms with van der Waals surface area (Å²) in [4.78, 5) is 14.8. The van der Waals surface area contributed by atoms with Crippen LogP contribution in [0.2, 0.25) is 19.6 Å². The predicted octanol–water partition coefficient (Wildman–Crippen LogP) is 17.5. The van der Waals surface area contributed by atoms with Gasteiger partial charge in [0, 0.05) is 45.7 Å². The number of benzene rings is 6. The van der Waals surface area contributed by atoms with Crippen molar-refractivity contribution in [1.29, 1.82) is 0 Å². The average molecular weight is 1160 g/mol. The summed E-state index contributed by atoms with van der Waals surface area (Å²) in [5, 5.41) is 2.94.